The van der Waals surface area contributed by atoms with Gasteiger partial charge in [-0.3, -0.25) is 14.5 Å². The van der Waals surface area contributed by atoms with Crippen molar-refractivity contribution in [2.24, 2.45) is 5.92 Å². The van der Waals surface area contributed by atoms with Crippen molar-refractivity contribution in [3.63, 3.8) is 0 Å². The van der Waals surface area contributed by atoms with E-state index in [0.29, 0.717) is 47.7 Å². The van der Waals surface area contributed by atoms with E-state index in [4.69, 9.17) is 13.9 Å². The van der Waals surface area contributed by atoms with Crippen LogP contribution in [0.1, 0.15) is 66.8 Å². The van der Waals surface area contributed by atoms with E-state index in [1.54, 1.807) is 18.2 Å². The van der Waals surface area contributed by atoms with Crippen molar-refractivity contribution in [1.82, 2.24) is 10.2 Å². The molecular weight excluding hydrogens is 509 g/mol. The van der Waals surface area contributed by atoms with Gasteiger partial charge in [-0.05, 0) is 55.2 Å². The molecule has 5 rings (SSSR count). The lowest BCUT2D eigenvalue weighted by molar-refractivity contribution is 0.0970. The van der Waals surface area contributed by atoms with Crippen molar-refractivity contribution in [2.75, 3.05) is 18.1 Å². The maximum Gasteiger partial charge on any atom is 0.297 e. The van der Waals surface area contributed by atoms with Crippen LogP contribution in [-0.4, -0.2) is 29.3 Å². The summed E-state index contributed by atoms with van der Waals surface area (Å²) in [6, 6.07) is 8.13. The van der Waals surface area contributed by atoms with Crippen LogP contribution in [0.5, 0.6) is 11.5 Å². The van der Waals surface area contributed by atoms with Crippen molar-refractivity contribution in [2.45, 2.75) is 46.6 Å². The number of hydrogen-bond donors (Lipinski definition) is 0. The average Bonchev–Trinajstić information content (AvgIpc) is 3.45. The predicted molar refractivity (Wildman–Crippen MR) is 143 cm³/mol. The second-order valence-corrected chi connectivity index (χ2v) is 10.5. The maximum absolute atomic E-state index is 14.1. The third-order valence-corrected chi connectivity index (χ3v) is 7.07. The van der Waals surface area contributed by atoms with Crippen LogP contribution in [0.3, 0.4) is 0 Å². The number of amides is 1. The summed E-state index contributed by atoms with van der Waals surface area (Å²) in [5.74, 6) is 0.241. The van der Waals surface area contributed by atoms with E-state index in [0.717, 1.165) is 17.5 Å². The molecule has 0 bridgehead atoms. The number of halogens is 1. The lowest BCUT2D eigenvalue weighted by Crippen LogP contribution is -2.29. The zero-order valence-electron chi connectivity index (χ0n) is 21.6. The normalized spacial score (nSPS) is 14.9. The average molecular weight is 538 g/mol. The molecule has 1 amide bonds. The highest BCUT2D eigenvalue weighted by Crippen LogP contribution is 2.44. The van der Waals surface area contributed by atoms with Crippen molar-refractivity contribution >= 4 is 33.3 Å². The molecule has 0 radical (unpaired) electrons. The van der Waals surface area contributed by atoms with E-state index in [2.05, 4.69) is 24.0 Å². The van der Waals surface area contributed by atoms with Gasteiger partial charge in [-0.1, -0.05) is 38.2 Å². The van der Waals surface area contributed by atoms with Gasteiger partial charge >= 0.3 is 0 Å². The van der Waals surface area contributed by atoms with Crippen LogP contribution >= 0.6 is 11.3 Å². The topological polar surface area (TPSA) is 94.8 Å². The molecule has 0 fully saturated rings. The van der Waals surface area contributed by atoms with Crippen LogP contribution in [0.4, 0.5) is 9.52 Å². The Labute approximate surface area is 223 Å². The van der Waals surface area contributed by atoms with Crippen LogP contribution in [0.15, 0.2) is 45.6 Å². The summed E-state index contributed by atoms with van der Waals surface area (Å²) in [6.07, 6.45) is 1.53. The third-order valence-electron chi connectivity index (χ3n) is 6.12. The van der Waals surface area contributed by atoms with Crippen molar-refractivity contribution in [1.29, 1.82) is 0 Å². The summed E-state index contributed by atoms with van der Waals surface area (Å²) in [7, 11) is 0. The Kier molecular flexibility index (Phi) is 7.16. The molecule has 4 aromatic rings. The second-order valence-electron chi connectivity index (χ2n) is 9.46. The first-order chi connectivity index (χ1) is 18.3. The zero-order valence-corrected chi connectivity index (χ0v) is 22.4. The maximum atomic E-state index is 14.1. The van der Waals surface area contributed by atoms with Crippen LogP contribution in [-0.2, 0) is 6.42 Å². The Morgan fingerprint density at radius 3 is 2.63 bits per heavy atom. The molecule has 1 aliphatic rings. The standard InChI is InChI=1S/C28H28FN3O5S/c1-5-11-36-20-9-7-16(13-21(20)35-6-2)24-23-25(33)18-14-17(29)8-10-19(18)37-26(23)27(34)32(24)28-31-30-22(38-28)12-15(3)4/h7-10,13-15,24H,5-6,11-12H2,1-4H3. The van der Waals surface area contributed by atoms with Gasteiger partial charge < -0.3 is 13.9 Å². The van der Waals surface area contributed by atoms with Crippen LogP contribution in [0.2, 0.25) is 0 Å². The molecule has 38 heavy (non-hydrogen) atoms. The molecule has 1 aliphatic heterocycles. The summed E-state index contributed by atoms with van der Waals surface area (Å²) in [5, 5.41) is 9.78. The summed E-state index contributed by atoms with van der Waals surface area (Å²) in [5.41, 5.74) is 0.393. The van der Waals surface area contributed by atoms with E-state index in [9.17, 15) is 14.0 Å². The van der Waals surface area contributed by atoms with Crippen molar-refractivity contribution in [3.8, 4) is 11.5 Å². The smallest absolute Gasteiger partial charge is 0.297 e. The molecule has 10 heteroatoms. The molecule has 3 heterocycles. The van der Waals surface area contributed by atoms with Gasteiger partial charge in [0.05, 0.1) is 30.2 Å². The predicted octanol–water partition coefficient (Wildman–Crippen LogP) is 5.92. The van der Waals surface area contributed by atoms with Crippen molar-refractivity contribution < 1.29 is 23.1 Å². The first-order valence-corrected chi connectivity index (χ1v) is 13.5. The number of hydrogen-bond acceptors (Lipinski definition) is 8. The number of rotatable bonds is 9. The third kappa shape index (κ3) is 4.64. The fourth-order valence-electron chi connectivity index (χ4n) is 4.53. The molecule has 1 unspecified atom stereocenters. The lowest BCUT2D eigenvalue weighted by Gasteiger charge is -2.23. The zero-order chi connectivity index (χ0) is 27.0. The molecule has 0 N–H and O–H groups in total. The number of carbonyl (C=O) groups is 1. The van der Waals surface area contributed by atoms with E-state index in [-0.39, 0.29) is 22.3 Å². The van der Waals surface area contributed by atoms with Crippen LogP contribution < -0.4 is 19.8 Å². The Morgan fingerprint density at radius 1 is 1.08 bits per heavy atom. The fourth-order valence-corrected chi connectivity index (χ4v) is 5.60. The summed E-state index contributed by atoms with van der Waals surface area (Å²) < 4.78 is 31.7. The highest BCUT2D eigenvalue weighted by Gasteiger charge is 2.45. The molecule has 0 saturated carbocycles. The minimum Gasteiger partial charge on any atom is -0.490 e. The van der Waals surface area contributed by atoms with Gasteiger partial charge in [0.25, 0.3) is 5.91 Å². The molecule has 8 nitrogen and oxygen atoms in total. The van der Waals surface area contributed by atoms with Gasteiger partial charge in [0, 0.05) is 6.42 Å². The molecule has 0 spiro atoms. The number of nitrogens with zero attached hydrogens (tertiary/aromatic N) is 3. The Morgan fingerprint density at radius 2 is 1.89 bits per heavy atom. The first-order valence-electron chi connectivity index (χ1n) is 12.6. The molecule has 0 saturated heterocycles. The van der Waals surface area contributed by atoms with Gasteiger partial charge in [0.2, 0.25) is 10.9 Å². The van der Waals surface area contributed by atoms with Gasteiger partial charge in [-0.25, -0.2) is 4.39 Å². The number of carbonyl (C=O) groups excluding carboxylic acids is 1. The van der Waals surface area contributed by atoms with Gasteiger partial charge in [0.15, 0.2) is 16.9 Å². The fraction of sp³-hybridized carbons (Fsp3) is 0.357. The van der Waals surface area contributed by atoms with Crippen LogP contribution in [0, 0.1) is 11.7 Å². The SMILES string of the molecule is CCCOc1ccc(C2c3c(oc4ccc(F)cc4c3=O)C(=O)N2c2nnc(CC(C)C)s2)cc1OCC. The molecule has 2 aromatic carbocycles. The molecule has 0 aliphatic carbocycles. The monoisotopic (exact) mass is 537 g/mol. The van der Waals surface area contributed by atoms with Crippen molar-refractivity contribution in [3.05, 3.63) is 74.3 Å². The number of aromatic nitrogens is 2. The Balaban J connectivity index is 1.71. The lowest BCUT2D eigenvalue weighted by atomic mass is 9.98. The van der Waals surface area contributed by atoms with E-state index < -0.39 is 23.2 Å². The molecule has 2 aromatic heterocycles. The number of ether oxygens (including phenoxy) is 2. The molecule has 198 valence electrons. The quantitative estimate of drug-likeness (QED) is 0.262. The van der Waals surface area contributed by atoms with E-state index >= 15 is 0 Å². The highest BCUT2D eigenvalue weighted by atomic mass is 32.1. The largest absolute Gasteiger partial charge is 0.490 e. The molecular formula is C28H28FN3O5S. The summed E-state index contributed by atoms with van der Waals surface area (Å²) in [6.45, 7) is 8.94. The summed E-state index contributed by atoms with van der Waals surface area (Å²) in [4.78, 5) is 29.0. The molecule has 1 atom stereocenters. The number of anilines is 1. The minimum atomic E-state index is -0.874. The first kappa shape index (κ1) is 25.8. The van der Waals surface area contributed by atoms with E-state index in [1.807, 2.05) is 13.8 Å². The van der Waals surface area contributed by atoms with Gasteiger partial charge in [0.1, 0.15) is 16.4 Å². The van der Waals surface area contributed by atoms with E-state index in [1.165, 1.54) is 28.4 Å². The summed E-state index contributed by atoms with van der Waals surface area (Å²) >= 11 is 1.30. The van der Waals surface area contributed by atoms with Crippen LogP contribution in [0.25, 0.3) is 11.0 Å². The second kappa shape index (κ2) is 10.5. The highest BCUT2D eigenvalue weighted by molar-refractivity contribution is 7.15. The Bertz CT molecular complexity index is 1560. The minimum absolute atomic E-state index is 0.0640. The Hall–Kier alpha value is -3.79. The number of fused-ring (bicyclic) bond motifs is 2. The number of benzene rings is 2. The van der Waals surface area contributed by atoms with Gasteiger partial charge in [-0.15, -0.1) is 10.2 Å². The van der Waals surface area contributed by atoms with Gasteiger partial charge in [-0.2, -0.15) is 0 Å².